The molecule has 3 atom stereocenters. The first-order valence-electron chi connectivity index (χ1n) is 13.7. The predicted octanol–water partition coefficient (Wildman–Crippen LogP) is 4.00. The second kappa shape index (κ2) is 10.3. The summed E-state index contributed by atoms with van der Waals surface area (Å²) in [6.07, 6.45) is 1.90. The van der Waals surface area contributed by atoms with E-state index in [1.54, 1.807) is 36.4 Å². The summed E-state index contributed by atoms with van der Waals surface area (Å²) >= 11 is 6.12. The van der Waals surface area contributed by atoms with E-state index in [4.69, 9.17) is 11.6 Å². The maximum Gasteiger partial charge on any atom is 0.335 e. The minimum absolute atomic E-state index is 0.00457. The van der Waals surface area contributed by atoms with E-state index in [-0.39, 0.29) is 30.4 Å². The third kappa shape index (κ3) is 4.65. The fourth-order valence-corrected chi connectivity index (χ4v) is 6.73. The molecule has 2 aromatic carbocycles. The van der Waals surface area contributed by atoms with E-state index in [1.165, 1.54) is 0 Å². The Labute approximate surface area is 237 Å². The number of hydrogen-bond donors (Lipinski definition) is 1. The maximum atomic E-state index is 14.4. The molecule has 2 bridgehead atoms. The Kier molecular flexibility index (Phi) is 6.84. The van der Waals surface area contributed by atoms with Crippen LogP contribution in [-0.2, 0) is 29.0 Å². The molecule has 3 aliphatic heterocycles. The predicted molar refractivity (Wildman–Crippen MR) is 152 cm³/mol. The van der Waals surface area contributed by atoms with Crippen LogP contribution in [0.4, 0.5) is 10.5 Å². The van der Waals surface area contributed by atoms with E-state index in [0.29, 0.717) is 30.3 Å². The number of urea groups is 1. The topological polar surface area (TPSA) is 91.7 Å². The number of pyridine rings is 1. The van der Waals surface area contributed by atoms with Gasteiger partial charge in [0.05, 0.1) is 5.69 Å². The van der Waals surface area contributed by atoms with Gasteiger partial charge in [-0.05, 0) is 66.6 Å². The smallest absolute Gasteiger partial charge is 0.312 e. The first-order valence-corrected chi connectivity index (χ1v) is 14.1. The molecule has 9 heteroatoms. The van der Waals surface area contributed by atoms with Gasteiger partial charge in [-0.3, -0.25) is 19.7 Å². The largest absolute Gasteiger partial charge is 0.335 e. The van der Waals surface area contributed by atoms with Crippen molar-refractivity contribution >= 4 is 35.1 Å². The highest BCUT2D eigenvalue weighted by Crippen LogP contribution is 2.39. The van der Waals surface area contributed by atoms with Crippen LogP contribution in [0.2, 0.25) is 5.02 Å². The number of likely N-dealkylation sites (tertiary alicyclic amines) is 1. The van der Waals surface area contributed by atoms with Crippen molar-refractivity contribution in [2.24, 2.45) is 11.3 Å². The van der Waals surface area contributed by atoms with E-state index in [0.717, 1.165) is 34.6 Å². The zero-order valence-corrected chi connectivity index (χ0v) is 23.1. The number of imide groups is 2. The molecule has 6 rings (SSSR count). The summed E-state index contributed by atoms with van der Waals surface area (Å²) in [7, 11) is 0. The number of rotatable bonds is 6. The number of halogens is 1. The number of amides is 4. The number of barbiturate groups is 1. The van der Waals surface area contributed by atoms with Gasteiger partial charge in [0.1, 0.15) is 5.41 Å². The van der Waals surface area contributed by atoms with Crippen molar-refractivity contribution in [1.82, 2.24) is 14.8 Å². The number of benzene rings is 2. The van der Waals surface area contributed by atoms with Crippen molar-refractivity contribution in [3.8, 4) is 0 Å². The van der Waals surface area contributed by atoms with Crippen LogP contribution in [0, 0.1) is 11.3 Å². The number of nitrogens with zero attached hydrogens (tertiary/aromatic N) is 3. The molecule has 0 saturated carbocycles. The first kappa shape index (κ1) is 26.5. The minimum Gasteiger partial charge on any atom is -0.312 e. The maximum absolute atomic E-state index is 14.4. The minimum atomic E-state index is -1.53. The molecular weight excluding hydrogens is 528 g/mol. The van der Waals surface area contributed by atoms with Crippen LogP contribution in [-0.4, -0.2) is 46.9 Å². The van der Waals surface area contributed by atoms with Gasteiger partial charge in [-0.2, -0.15) is 0 Å². The molecular formula is C31H31ClN4O4. The summed E-state index contributed by atoms with van der Waals surface area (Å²) in [5.74, 6) is -0.783. The van der Waals surface area contributed by atoms with E-state index < -0.39 is 23.3 Å². The van der Waals surface area contributed by atoms with Crippen LogP contribution in [0.5, 0.6) is 0 Å². The summed E-state index contributed by atoms with van der Waals surface area (Å²) < 4.78 is 1.86. The summed E-state index contributed by atoms with van der Waals surface area (Å²) in [5, 5.41) is 3.06. The van der Waals surface area contributed by atoms with E-state index >= 15 is 0 Å². The SMILES string of the molecule is CCc1ccc(N2C(=O)NC(=O)[C@](Cc3ccc(Cl)cc3)(CN3C[C@@H]4C[C@@H](C3)c3cccc(=O)n3C4)C2=O)cc1. The Morgan fingerprint density at radius 3 is 2.35 bits per heavy atom. The fourth-order valence-electron chi connectivity index (χ4n) is 6.60. The Morgan fingerprint density at radius 2 is 1.62 bits per heavy atom. The molecule has 40 heavy (non-hydrogen) atoms. The van der Waals surface area contributed by atoms with Gasteiger partial charge in [0.2, 0.25) is 5.91 Å². The fraction of sp³-hybridized carbons (Fsp3) is 0.355. The molecule has 0 spiro atoms. The van der Waals surface area contributed by atoms with Gasteiger partial charge in [-0.15, -0.1) is 0 Å². The van der Waals surface area contributed by atoms with Gasteiger partial charge in [0, 0.05) is 48.9 Å². The van der Waals surface area contributed by atoms with Gasteiger partial charge < -0.3 is 9.47 Å². The first-order chi connectivity index (χ1) is 19.3. The van der Waals surface area contributed by atoms with Crippen LogP contribution in [0.15, 0.2) is 71.5 Å². The molecule has 0 aliphatic carbocycles. The van der Waals surface area contributed by atoms with E-state index in [9.17, 15) is 19.2 Å². The van der Waals surface area contributed by atoms with Crippen LogP contribution in [0.25, 0.3) is 0 Å². The molecule has 1 aromatic heterocycles. The highest BCUT2D eigenvalue weighted by atomic mass is 35.5. The number of hydrogen-bond acceptors (Lipinski definition) is 5. The van der Waals surface area contributed by atoms with Crippen molar-refractivity contribution < 1.29 is 14.4 Å². The van der Waals surface area contributed by atoms with Crippen LogP contribution >= 0.6 is 11.6 Å². The molecule has 1 N–H and O–H groups in total. The molecule has 3 aliphatic rings. The molecule has 2 saturated heterocycles. The highest BCUT2D eigenvalue weighted by molar-refractivity contribution is 6.31. The van der Waals surface area contributed by atoms with Gasteiger partial charge in [0.25, 0.3) is 11.5 Å². The van der Waals surface area contributed by atoms with Crippen molar-refractivity contribution in [3.05, 3.63) is 98.9 Å². The van der Waals surface area contributed by atoms with Crippen LogP contribution in [0.1, 0.15) is 36.1 Å². The molecule has 2 fully saturated rings. The zero-order valence-electron chi connectivity index (χ0n) is 22.3. The molecule has 206 valence electrons. The molecule has 8 nitrogen and oxygen atoms in total. The number of anilines is 1. The number of carbonyl (C=O) groups excluding carboxylic acids is 3. The van der Waals surface area contributed by atoms with Crippen LogP contribution in [0.3, 0.4) is 0 Å². The molecule has 0 unspecified atom stereocenters. The average Bonchev–Trinajstić information content (AvgIpc) is 2.94. The summed E-state index contributed by atoms with van der Waals surface area (Å²) in [5.41, 5.74) is 1.75. The molecule has 4 heterocycles. The summed E-state index contributed by atoms with van der Waals surface area (Å²) in [4.78, 5) is 57.0. The van der Waals surface area contributed by atoms with E-state index in [2.05, 4.69) is 10.2 Å². The van der Waals surface area contributed by atoms with Gasteiger partial charge in [-0.1, -0.05) is 48.9 Å². The third-order valence-electron chi connectivity index (χ3n) is 8.54. The lowest BCUT2D eigenvalue weighted by atomic mass is 9.75. The number of piperidine rings is 1. The Bertz CT molecular complexity index is 1530. The Hall–Kier alpha value is -3.75. The molecule has 4 amide bonds. The standard InChI is InChI=1S/C31H31ClN4O4/c1-2-20-8-12-25(13-9-20)36-29(39)31(28(38)33-30(36)40,15-21-6-10-24(32)11-7-21)19-34-16-22-14-23(18-34)26-4-3-5-27(37)35(26)17-22/h3-13,22-23H,2,14-19H2,1H3,(H,33,38,40)/t22-,23-,31-/m0/s1. The summed E-state index contributed by atoms with van der Waals surface area (Å²) in [6.45, 7) is 4.07. The number of aromatic nitrogens is 1. The van der Waals surface area contributed by atoms with Gasteiger partial charge in [0.15, 0.2) is 0 Å². The number of nitrogens with one attached hydrogen (secondary N) is 1. The van der Waals surface area contributed by atoms with E-state index in [1.807, 2.05) is 41.8 Å². The second-order valence-electron chi connectivity index (χ2n) is 11.2. The van der Waals surface area contributed by atoms with Crippen LogP contribution < -0.4 is 15.8 Å². The second-order valence-corrected chi connectivity index (χ2v) is 11.6. The zero-order chi connectivity index (χ0) is 28.0. The number of carbonyl (C=O) groups is 3. The number of aryl methyl sites for hydroxylation is 1. The molecule has 0 radical (unpaired) electrons. The van der Waals surface area contributed by atoms with Crippen molar-refractivity contribution in [3.63, 3.8) is 0 Å². The normalized spacial score (nSPS) is 24.6. The number of fused-ring (bicyclic) bond motifs is 4. The average molecular weight is 559 g/mol. The molecule has 3 aromatic rings. The lowest BCUT2D eigenvalue weighted by Crippen LogP contribution is -2.68. The van der Waals surface area contributed by atoms with Crippen molar-refractivity contribution in [1.29, 1.82) is 0 Å². The van der Waals surface area contributed by atoms with Crippen molar-refractivity contribution in [2.45, 2.75) is 38.6 Å². The quantitative estimate of drug-likeness (QED) is 0.462. The Balaban J connectivity index is 1.37. The lowest BCUT2D eigenvalue weighted by molar-refractivity contribution is -0.144. The lowest BCUT2D eigenvalue weighted by Gasteiger charge is -2.47. The van der Waals surface area contributed by atoms with Crippen molar-refractivity contribution in [2.75, 3.05) is 24.5 Å². The summed E-state index contributed by atoms with van der Waals surface area (Å²) in [6, 6.07) is 19.0. The highest BCUT2D eigenvalue weighted by Gasteiger charge is 2.55. The monoisotopic (exact) mass is 558 g/mol. The van der Waals surface area contributed by atoms with Gasteiger partial charge >= 0.3 is 6.03 Å². The third-order valence-corrected chi connectivity index (χ3v) is 8.79. The Morgan fingerprint density at radius 1 is 0.900 bits per heavy atom. The van der Waals surface area contributed by atoms with Gasteiger partial charge in [-0.25, -0.2) is 9.69 Å².